The van der Waals surface area contributed by atoms with Crippen LogP contribution in [0.4, 0.5) is 4.79 Å². The van der Waals surface area contributed by atoms with Gasteiger partial charge in [0.1, 0.15) is 5.60 Å². The van der Waals surface area contributed by atoms with Crippen LogP contribution in [0.5, 0.6) is 0 Å². The van der Waals surface area contributed by atoms with Gasteiger partial charge in [0.15, 0.2) is 17.7 Å². The number of esters is 1. The number of carbonyl (C=O) groups excluding carboxylic acids is 5. The first kappa shape index (κ1) is 28.5. The molecular weight excluding hydrogens is 430 g/mol. The van der Waals surface area contributed by atoms with Crippen LogP contribution in [-0.4, -0.2) is 63.9 Å². The second-order valence-corrected chi connectivity index (χ2v) is 9.28. The Morgan fingerprint density at radius 2 is 1.70 bits per heavy atom. The first-order valence-corrected chi connectivity index (χ1v) is 11.4. The normalized spacial score (nSPS) is 19.5. The Morgan fingerprint density at radius 1 is 1.09 bits per heavy atom. The smallest absolute Gasteiger partial charge is 0.417 e. The fourth-order valence-corrected chi connectivity index (χ4v) is 4.14. The minimum Gasteiger partial charge on any atom is -0.453 e. The molecule has 1 rings (SSSR count). The number of aliphatic hydroxyl groups is 1. The molecule has 9 heteroatoms. The molecule has 2 amide bonds. The number of hydrogen-bond acceptors (Lipinski definition) is 8. The summed E-state index contributed by atoms with van der Waals surface area (Å²) in [5.74, 6) is -3.71. The molecular formula is C24H37NO8. The molecule has 0 aromatic heterocycles. The van der Waals surface area contributed by atoms with E-state index >= 15 is 0 Å². The molecule has 0 spiro atoms. The number of hydrogen-bond donors (Lipinski definition) is 1. The van der Waals surface area contributed by atoms with Gasteiger partial charge in [0, 0.05) is 20.0 Å². The zero-order valence-electron chi connectivity index (χ0n) is 20.5. The van der Waals surface area contributed by atoms with E-state index in [2.05, 4.69) is 0 Å². The number of ketones is 2. The van der Waals surface area contributed by atoms with Gasteiger partial charge in [0.25, 0.3) is 0 Å². The van der Waals surface area contributed by atoms with E-state index < -0.39 is 47.4 Å². The number of ether oxygens (including phenoxy) is 2. The highest BCUT2D eigenvalue weighted by molar-refractivity contribution is 6.04. The standard InChI is InChI=1S/C24H37NO8/c1-15(2)21-24(5,6)33-23(31)25(21)22(30)16(3)20(32-17(4)27)19(29)13-12-18(28)11-9-7-8-10-14-26/h12-13,15-16,20-21,26H,7-11,14H2,1-6H3/t16-,20-,21-/m1/s1. The summed E-state index contributed by atoms with van der Waals surface area (Å²) < 4.78 is 10.5. The van der Waals surface area contributed by atoms with E-state index in [-0.39, 0.29) is 24.7 Å². The topological polar surface area (TPSA) is 127 Å². The van der Waals surface area contributed by atoms with Crippen LogP contribution >= 0.6 is 0 Å². The predicted molar refractivity (Wildman–Crippen MR) is 120 cm³/mol. The van der Waals surface area contributed by atoms with Crippen molar-refractivity contribution in [3.63, 3.8) is 0 Å². The number of carbonyl (C=O) groups is 5. The van der Waals surface area contributed by atoms with Gasteiger partial charge in [-0.2, -0.15) is 0 Å². The number of imide groups is 1. The molecule has 0 aliphatic carbocycles. The average molecular weight is 468 g/mol. The third-order valence-electron chi connectivity index (χ3n) is 5.59. The molecule has 1 aliphatic heterocycles. The van der Waals surface area contributed by atoms with Gasteiger partial charge in [-0.3, -0.25) is 19.2 Å². The lowest BCUT2D eigenvalue weighted by atomic mass is 9.87. The van der Waals surface area contributed by atoms with Crippen LogP contribution in [0.1, 0.15) is 73.6 Å². The summed E-state index contributed by atoms with van der Waals surface area (Å²) in [4.78, 5) is 63.1. The fourth-order valence-electron chi connectivity index (χ4n) is 4.14. The summed E-state index contributed by atoms with van der Waals surface area (Å²) >= 11 is 0. The third kappa shape index (κ3) is 8.07. The number of aliphatic hydroxyl groups excluding tert-OH is 1. The molecule has 186 valence electrons. The molecule has 0 saturated carbocycles. The summed E-state index contributed by atoms with van der Waals surface area (Å²) in [6, 6.07) is -0.559. The van der Waals surface area contributed by atoms with Gasteiger partial charge < -0.3 is 14.6 Å². The van der Waals surface area contributed by atoms with E-state index in [0.717, 1.165) is 36.8 Å². The minimum absolute atomic E-state index is 0.111. The Morgan fingerprint density at radius 3 is 2.24 bits per heavy atom. The van der Waals surface area contributed by atoms with Crippen molar-refractivity contribution in [2.75, 3.05) is 6.61 Å². The minimum atomic E-state index is -1.48. The first-order chi connectivity index (χ1) is 15.3. The van der Waals surface area contributed by atoms with Crippen molar-refractivity contribution in [3.05, 3.63) is 12.2 Å². The van der Waals surface area contributed by atoms with Crippen LogP contribution in [0.15, 0.2) is 12.2 Å². The van der Waals surface area contributed by atoms with Crippen LogP contribution in [-0.2, 0) is 28.7 Å². The molecule has 1 N–H and O–H groups in total. The lowest BCUT2D eigenvalue weighted by molar-refractivity contribution is -0.158. The number of allylic oxidation sites excluding steroid dienone is 1. The summed E-state index contributed by atoms with van der Waals surface area (Å²) in [7, 11) is 0. The SMILES string of the molecule is CC(=O)O[C@@H](C(=O)C=CC(=O)CCCCCCO)[C@@H](C)C(=O)N1C(=O)OC(C)(C)[C@H]1C(C)C. The van der Waals surface area contributed by atoms with Gasteiger partial charge in [0.05, 0.1) is 12.0 Å². The maximum absolute atomic E-state index is 13.2. The van der Waals surface area contributed by atoms with Gasteiger partial charge in [-0.25, -0.2) is 9.69 Å². The zero-order valence-corrected chi connectivity index (χ0v) is 20.5. The number of rotatable bonds is 13. The van der Waals surface area contributed by atoms with Crippen molar-refractivity contribution >= 4 is 29.5 Å². The van der Waals surface area contributed by atoms with E-state index in [4.69, 9.17) is 14.6 Å². The average Bonchev–Trinajstić information content (AvgIpc) is 2.97. The Bertz CT molecular complexity index is 770. The van der Waals surface area contributed by atoms with Crippen LogP contribution in [0, 0.1) is 11.8 Å². The maximum atomic E-state index is 13.2. The molecule has 3 atom stereocenters. The Hall–Kier alpha value is -2.55. The van der Waals surface area contributed by atoms with Crippen molar-refractivity contribution < 1.29 is 38.6 Å². The number of unbranched alkanes of at least 4 members (excludes halogenated alkanes) is 3. The van der Waals surface area contributed by atoms with E-state index in [0.29, 0.717) is 12.8 Å². The van der Waals surface area contributed by atoms with Crippen molar-refractivity contribution in [2.24, 2.45) is 11.8 Å². The van der Waals surface area contributed by atoms with Gasteiger partial charge in [-0.1, -0.05) is 26.7 Å². The van der Waals surface area contributed by atoms with E-state index in [1.54, 1.807) is 13.8 Å². The number of cyclic esters (lactones) is 1. The number of amides is 2. The van der Waals surface area contributed by atoms with Gasteiger partial charge in [0.2, 0.25) is 5.91 Å². The third-order valence-corrected chi connectivity index (χ3v) is 5.59. The molecule has 0 radical (unpaired) electrons. The Labute approximate surface area is 195 Å². The molecule has 33 heavy (non-hydrogen) atoms. The van der Waals surface area contributed by atoms with E-state index in [1.807, 2.05) is 13.8 Å². The molecule has 1 aliphatic rings. The van der Waals surface area contributed by atoms with Gasteiger partial charge >= 0.3 is 12.1 Å². The van der Waals surface area contributed by atoms with Gasteiger partial charge in [-0.05, 0) is 51.7 Å². The van der Waals surface area contributed by atoms with Crippen molar-refractivity contribution in [2.45, 2.75) is 91.4 Å². The van der Waals surface area contributed by atoms with Crippen LogP contribution in [0.2, 0.25) is 0 Å². The summed E-state index contributed by atoms with van der Waals surface area (Å²) in [6.45, 7) is 9.75. The molecule has 0 aromatic rings. The molecule has 9 nitrogen and oxygen atoms in total. The lowest BCUT2D eigenvalue weighted by Crippen LogP contribution is -2.52. The molecule has 1 fully saturated rings. The maximum Gasteiger partial charge on any atom is 0.417 e. The second kappa shape index (κ2) is 12.6. The Kier molecular flexibility index (Phi) is 10.9. The van der Waals surface area contributed by atoms with Crippen molar-refractivity contribution in [1.82, 2.24) is 4.90 Å². The second-order valence-electron chi connectivity index (χ2n) is 9.28. The summed E-state index contributed by atoms with van der Waals surface area (Å²) in [5, 5.41) is 8.77. The summed E-state index contributed by atoms with van der Waals surface area (Å²) in [6.07, 6.45) is 2.99. The van der Waals surface area contributed by atoms with Crippen LogP contribution < -0.4 is 0 Å². The summed E-state index contributed by atoms with van der Waals surface area (Å²) in [5.41, 5.74) is -0.912. The molecule has 1 saturated heterocycles. The monoisotopic (exact) mass is 467 g/mol. The number of nitrogens with zero attached hydrogens (tertiary/aromatic N) is 1. The highest BCUT2D eigenvalue weighted by Crippen LogP contribution is 2.35. The zero-order chi connectivity index (χ0) is 25.3. The van der Waals surface area contributed by atoms with Gasteiger partial charge in [-0.15, -0.1) is 0 Å². The quantitative estimate of drug-likeness (QED) is 0.249. The van der Waals surface area contributed by atoms with E-state index in [1.165, 1.54) is 6.92 Å². The van der Waals surface area contributed by atoms with Crippen molar-refractivity contribution in [3.8, 4) is 0 Å². The van der Waals surface area contributed by atoms with Crippen molar-refractivity contribution in [1.29, 1.82) is 0 Å². The highest BCUT2D eigenvalue weighted by atomic mass is 16.6. The molecule has 0 bridgehead atoms. The van der Waals surface area contributed by atoms with E-state index in [9.17, 15) is 24.0 Å². The van der Waals surface area contributed by atoms with Crippen LogP contribution in [0.3, 0.4) is 0 Å². The first-order valence-electron chi connectivity index (χ1n) is 11.4. The fraction of sp³-hybridized carbons (Fsp3) is 0.708. The molecule has 1 heterocycles. The predicted octanol–water partition coefficient (Wildman–Crippen LogP) is 2.97. The lowest BCUT2D eigenvalue weighted by Gasteiger charge is -2.33. The highest BCUT2D eigenvalue weighted by Gasteiger charge is 2.53. The van der Waals surface area contributed by atoms with Crippen LogP contribution in [0.25, 0.3) is 0 Å². The Balaban J connectivity index is 2.95. The largest absolute Gasteiger partial charge is 0.453 e. The molecule has 0 aromatic carbocycles. The molecule has 0 unspecified atom stereocenters.